The van der Waals surface area contributed by atoms with Gasteiger partial charge in [0.2, 0.25) is 0 Å². The lowest BCUT2D eigenvalue weighted by Crippen LogP contribution is -2.38. The summed E-state index contributed by atoms with van der Waals surface area (Å²) in [7, 11) is 0. The summed E-state index contributed by atoms with van der Waals surface area (Å²) in [6.07, 6.45) is 9.42. The summed E-state index contributed by atoms with van der Waals surface area (Å²) in [5, 5.41) is 0. The third kappa shape index (κ3) is 2.83. The first-order valence-electron chi connectivity index (χ1n) is 7.32. The van der Waals surface area contributed by atoms with E-state index in [0.29, 0.717) is 6.04 Å². The van der Waals surface area contributed by atoms with Crippen molar-refractivity contribution >= 4 is 0 Å². The minimum atomic E-state index is 0.695. The number of likely N-dealkylation sites (tertiary alicyclic amines) is 1. The lowest BCUT2D eigenvalue weighted by molar-refractivity contribution is 0.181. The Morgan fingerprint density at radius 3 is 2.68 bits per heavy atom. The molecule has 19 heavy (non-hydrogen) atoms. The maximum Gasteiger partial charge on any atom is 0.0599 e. The Balaban J connectivity index is 1.70. The lowest BCUT2D eigenvalue weighted by atomic mass is 10.1. The average Bonchev–Trinajstić information content (AvgIpc) is 2.70. The summed E-state index contributed by atoms with van der Waals surface area (Å²) in [6, 6.07) is 12.3. The van der Waals surface area contributed by atoms with E-state index in [2.05, 4.69) is 46.1 Å². The Morgan fingerprint density at radius 2 is 1.89 bits per heavy atom. The zero-order valence-electron chi connectivity index (χ0n) is 11.5. The van der Waals surface area contributed by atoms with Gasteiger partial charge in [-0.05, 0) is 24.8 Å². The van der Waals surface area contributed by atoms with Crippen LogP contribution in [0.3, 0.4) is 0 Å². The maximum absolute atomic E-state index is 5.46. The van der Waals surface area contributed by atoms with Crippen LogP contribution in [0.25, 0.3) is 0 Å². The fourth-order valence-electron chi connectivity index (χ4n) is 3.57. The van der Waals surface area contributed by atoms with Crippen molar-refractivity contribution in [3.63, 3.8) is 0 Å². The van der Waals surface area contributed by atoms with Gasteiger partial charge in [0.25, 0.3) is 0 Å². The van der Waals surface area contributed by atoms with E-state index in [1.807, 2.05) is 0 Å². The molecule has 1 aromatic rings. The summed E-state index contributed by atoms with van der Waals surface area (Å²) in [5.41, 5.74) is 1.43. The summed E-state index contributed by atoms with van der Waals surface area (Å²) in [4.78, 5) is 5.16. The van der Waals surface area contributed by atoms with E-state index in [4.69, 9.17) is 6.42 Å². The molecule has 2 nitrogen and oxygen atoms in total. The molecule has 2 unspecified atom stereocenters. The average molecular weight is 254 g/mol. The molecular formula is C17H22N2. The molecule has 100 valence electrons. The number of hydrogen-bond donors (Lipinski definition) is 0. The molecule has 0 saturated carbocycles. The third-order valence-electron chi connectivity index (χ3n) is 4.54. The molecule has 0 N–H and O–H groups in total. The first kappa shape index (κ1) is 12.7. The van der Waals surface area contributed by atoms with Gasteiger partial charge in [-0.25, -0.2) is 0 Å². The van der Waals surface area contributed by atoms with Crippen molar-refractivity contribution in [2.75, 3.05) is 19.6 Å². The van der Waals surface area contributed by atoms with Crippen molar-refractivity contribution in [1.82, 2.24) is 9.80 Å². The molecule has 0 spiro atoms. The number of nitrogens with zero attached hydrogens (tertiary/aromatic N) is 2. The van der Waals surface area contributed by atoms with E-state index in [1.54, 1.807) is 0 Å². The van der Waals surface area contributed by atoms with Gasteiger partial charge in [0.05, 0.1) is 6.54 Å². The number of rotatable bonds is 3. The van der Waals surface area contributed by atoms with Gasteiger partial charge in [-0.2, -0.15) is 0 Å². The summed E-state index contributed by atoms with van der Waals surface area (Å²) < 4.78 is 0. The molecule has 2 aliphatic heterocycles. The van der Waals surface area contributed by atoms with Gasteiger partial charge in [0, 0.05) is 31.7 Å². The molecule has 2 atom stereocenters. The van der Waals surface area contributed by atoms with Crippen LogP contribution in [0, 0.1) is 12.3 Å². The van der Waals surface area contributed by atoms with E-state index >= 15 is 0 Å². The van der Waals surface area contributed by atoms with Gasteiger partial charge in [0.15, 0.2) is 0 Å². The second-order valence-corrected chi connectivity index (χ2v) is 5.77. The van der Waals surface area contributed by atoms with E-state index in [9.17, 15) is 0 Å². The fourth-order valence-corrected chi connectivity index (χ4v) is 3.57. The van der Waals surface area contributed by atoms with Crippen LogP contribution >= 0.6 is 0 Å². The van der Waals surface area contributed by atoms with Crippen LogP contribution in [-0.4, -0.2) is 41.5 Å². The van der Waals surface area contributed by atoms with Crippen LogP contribution in [0.4, 0.5) is 0 Å². The molecule has 2 heterocycles. The number of fused-ring (bicyclic) bond motifs is 2. The summed E-state index contributed by atoms with van der Waals surface area (Å²) >= 11 is 0. The Labute approximate surface area is 116 Å². The summed E-state index contributed by atoms with van der Waals surface area (Å²) in [5.74, 6) is 2.80. The second-order valence-electron chi connectivity index (χ2n) is 5.77. The fraction of sp³-hybridized carbons (Fsp3) is 0.529. The van der Waals surface area contributed by atoms with E-state index in [-0.39, 0.29) is 0 Å². The highest BCUT2D eigenvalue weighted by Gasteiger charge is 2.36. The molecule has 0 radical (unpaired) electrons. The molecule has 1 aromatic carbocycles. The predicted molar refractivity (Wildman–Crippen MR) is 78.7 cm³/mol. The van der Waals surface area contributed by atoms with E-state index in [1.165, 1.54) is 24.8 Å². The van der Waals surface area contributed by atoms with Crippen LogP contribution in [0.1, 0.15) is 24.8 Å². The van der Waals surface area contributed by atoms with Gasteiger partial charge < -0.3 is 0 Å². The SMILES string of the molecule is C#CCN1CCC2CCC(C1)N2Cc1ccccc1. The summed E-state index contributed by atoms with van der Waals surface area (Å²) in [6.45, 7) is 4.21. The monoisotopic (exact) mass is 254 g/mol. The maximum atomic E-state index is 5.46. The van der Waals surface area contributed by atoms with Crippen molar-refractivity contribution in [3.05, 3.63) is 35.9 Å². The molecule has 2 aliphatic rings. The van der Waals surface area contributed by atoms with Crippen LogP contribution < -0.4 is 0 Å². The minimum Gasteiger partial charge on any atom is -0.292 e. The Hall–Kier alpha value is -1.30. The molecule has 2 heteroatoms. The number of terminal acetylenes is 1. The highest BCUT2D eigenvalue weighted by Crippen LogP contribution is 2.31. The van der Waals surface area contributed by atoms with Gasteiger partial charge >= 0.3 is 0 Å². The van der Waals surface area contributed by atoms with E-state index in [0.717, 1.165) is 32.2 Å². The molecule has 0 amide bonds. The first-order valence-corrected chi connectivity index (χ1v) is 7.32. The van der Waals surface area contributed by atoms with Crippen LogP contribution in [0.2, 0.25) is 0 Å². The molecule has 3 rings (SSSR count). The number of benzene rings is 1. The van der Waals surface area contributed by atoms with Gasteiger partial charge in [-0.3, -0.25) is 9.80 Å². The normalized spacial score (nSPS) is 27.9. The first-order chi connectivity index (χ1) is 9.36. The van der Waals surface area contributed by atoms with Crippen LogP contribution in [-0.2, 0) is 6.54 Å². The highest BCUT2D eigenvalue weighted by molar-refractivity contribution is 5.15. The Morgan fingerprint density at radius 1 is 1.11 bits per heavy atom. The molecular weight excluding hydrogens is 232 g/mol. The second kappa shape index (κ2) is 5.77. The standard InChI is InChI=1S/C17H22N2/c1-2-11-18-12-10-16-8-9-17(14-18)19(16)13-15-6-4-3-5-7-15/h1,3-7,16-17H,8-14H2. The van der Waals surface area contributed by atoms with Crippen molar-refractivity contribution in [1.29, 1.82) is 0 Å². The van der Waals surface area contributed by atoms with Gasteiger partial charge in [0.1, 0.15) is 0 Å². The van der Waals surface area contributed by atoms with Crippen molar-refractivity contribution in [3.8, 4) is 12.3 Å². The van der Waals surface area contributed by atoms with E-state index < -0.39 is 0 Å². The van der Waals surface area contributed by atoms with Crippen molar-refractivity contribution < 1.29 is 0 Å². The molecule has 0 aromatic heterocycles. The lowest BCUT2D eigenvalue weighted by Gasteiger charge is -2.28. The van der Waals surface area contributed by atoms with Gasteiger partial charge in [-0.1, -0.05) is 36.3 Å². The molecule has 2 saturated heterocycles. The Bertz CT molecular complexity index is 448. The zero-order valence-corrected chi connectivity index (χ0v) is 11.5. The molecule has 2 fully saturated rings. The minimum absolute atomic E-state index is 0.695. The molecule has 0 aliphatic carbocycles. The topological polar surface area (TPSA) is 6.48 Å². The van der Waals surface area contributed by atoms with Crippen LogP contribution in [0.5, 0.6) is 0 Å². The largest absolute Gasteiger partial charge is 0.292 e. The predicted octanol–water partition coefficient (Wildman–Crippen LogP) is 2.36. The highest BCUT2D eigenvalue weighted by atomic mass is 15.3. The smallest absolute Gasteiger partial charge is 0.0599 e. The third-order valence-corrected chi connectivity index (χ3v) is 4.54. The Kier molecular flexibility index (Phi) is 3.87. The van der Waals surface area contributed by atoms with Crippen LogP contribution in [0.15, 0.2) is 30.3 Å². The zero-order chi connectivity index (χ0) is 13.1. The van der Waals surface area contributed by atoms with Crippen molar-refractivity contribution in [2.24, 2.45) is 0 Å². The van der Waals surface area contributed by atoms with Gasteiger partial charge in [-0.15, -0.1) is 6.42 Å². The quantitative estimate of drug-likeness (QED) is 0.764. The number of hydrogen-bond acceptors (Lipinski definition) is 2. The molecule has 2 bridgehead atoms. The van der Waals surface area contributed by atoms with Crippen molar-refractivity contribution in [2.45, 2.75) is 37.9 Å².